The summed E-state index contributed by atoms with van der Waals surface area (Å²) >= 11 is 0. The number of rotatable bonds is 3. The van der Waals surface area contributed by atoms with Gasteiger partial charge < -0.3 is 10.1 Å². The van der Waals surface area contributed by atoms with Crippen LogP contribution in [0.4, 0.5) is 0 Å². The molecule has 1 heterocycles. The van der Waals surface area contributed by atoms with Gasteiger partial charge in [-0.1, -0.05) is 51.3 Å². The molecule has 2 heteroatoms. The molecule has 1 fully saturated rings. The number of benzene rings is 1. The predicted molar refractivity (Wildman–Crippen MR) is 83.0 cm³/mol. The Bertz CT molecular complexity index is 450. The summed E-state index contributed by atoms with van der Waals surface area (Å²) in [5.41, 5.74) is 1.83. The van der Waals surface area contributed by atoms with Gasteiger partial charge in [0.2, 0.25) is 0 Å². The summed E-state index contributed by atoms with van der Waals surface area (Å²) in [6.45, 7) is 6.70. The molecule has 20 heavy (non-hydrogen) atoms. The van der Waals surface area contributed by atoms with Crippen molar-refractivity contribution in [1.82, 2.24) is 5.32 Å². The molecule has 1 aliphatic carbocycles. The predicted octanol–water partition coefficient (Wildman–Crippen LogP) is 4.32. The second-order valence-corrected chi connectivity index (χ2v) is 7.06. The highest BCUT2D eigenvalue weighted by molar-refractivity contribution is 5.37. The van der Waals surface area contributed by atoms with Crippen molar-refractivity contribution in [3.8, 4) is 5.75 Å². The minimum atomic E-state index is 0.443. The van der Waals surface area contributed by atoms with E-state index in [0.717, 1.165) is 18.9 Å². The summed E-state index contributed by atoms with van der Waals surface area (Å²) in [7, 11) is 0. The lowest BCUT2D eigenvalue weighted by Crippen LogP contribution is -2.40. The molecule has 0 spiro atoms. The van der Waals surface area contributed by atoms with E-state index < -0.39 is 0 Å². The molecule has 2 unspecified atom stereocenters. The molecule has 2 atom stereocenters. The molecular formula is C18H27NO. The monoisotopic (exact) mass is 273 g/mol. The van der Waals surface area contributed by atoms with Crippen molar-refractivity contribution in [3.63, 3.8) is 0 Å². The largest absolute Gasteiger partial charge is 0.493 e. The molecule has 0 radical (unpaired) electrons. The highest BCUT2D eigenvalue weighted by Gasteiger charge is 2.31. The van der Waals surface area contributed by atoms with E-state index >= 15 is 0 Å². The van der Waals surface area contributed by atoms with E-state index in [4.69, 9.17) is 4.74 Å². The van der Waals surface area contributed by atoms with Crippen LogP contribution < -0.4 is 10.1 Å². The van der Waals surface area contributed by atoms with Gasteiger partial charge in [0.1, 0.15) is 5.75 Å². The van der Waals surface area contributed by atoms with Gasteiger partial charge in [0.25, 0.3) is 0 Å². The first-order valence-corrected chi connectivity index (χ1v) is 8.13. The standard InChI is InChI=1S/C18H27NO/c1-14-12-20-16-9-5-4-8-15(16)17(14)19-13-18(2)10-6-3-7-11-18/h4-5,8-9,14,17,19H,3,6-7,10-13H2,1-2H3. The van der Waals surface area contributed by atoms with Crippen LogP contribution in [-0.2, 0) is 0 Å². The average Bonchev–Trinajstić information content (AvgIpc) is 2.47. The van der Waals surface area contributed by atoms with Crippen LogP contribution in [0.3, 0.4) is 0 Å². The van der Waals surface area contributed by atoms with Crippen molar-refractivity contribution in [2.45, 2.75) is 52.0 Å². The average molecular weight is 273 g/mol. The lowest BCUT2D eigenvalue weighted by atomic mass is 9.75. The third kappa shape index (κ3) is 2.85. The summed E-state index contributed by atoms with van der Waals surface area (Å²) in [5, 5.41) is 3.86. The molecule has 110 valence electrons. The van der Waals surface area contributed by atoms with Crippen molar-refractivity contribution >= 4 is 0 Å². The van der Waals surface area contributed by atoms with E-state index in [-0.39, 0.29) is 0 Å². The van der Waals surface area contributed by atoms with E-state index in [1.165, 1.54) is 37.7 Å². The summed E-state index contributed by atoms with van der Waals surface area (Å²) in [5.74, 6) is 1.61. The number of ether oxygens (including phenoxy) is 1. The first-order chi connectivity index (χ1) is 9.68. The molecule has 0 aromatic heterocycles. The van der Waals surface area contributed by atoms with Crippen molar-refractivity contribution < 1.29 is 4.74 Å². The fourth-order valence-corrected chi connectivity index (χ4v) is 3.74. The lowest BCUT2D eigenvalue weighted by Gasteiger charge is -2.38. The van der Waals surface area contributed by atoms with Crippen LogP contribution in [0.5, 0.6) is 5.75 Å². The number of nitrogens with one attached hydrogen (secondary N) is 1. The van der Waals surface area contributed by atoms with Gasteiger partial charge in [-0.3, -0.25) is 0 Å². The Morgan fingerprint density at radius 3 is 2.75 bits per heavy atom. The molecule has 0 bridgehead atoms. The van der Waals surface area contributed by atoms with E-state index in [2.05, 4.69) is 43.4 Å². The fraction of sp³-hybridized carbons (Fsp3) is 0.667. The molecule has 1 aromatic carbocycles. The Morgan fingerprint density at radius 2 is 1.95 bits per heavy atom. The maximum absolute atomic E-state index is 5.84. The molecule has 1 saturated carbocycles. The van der Waals surface area contributed by atoms with Crippen molar-refractivity contribution in [3.05, 3.63) is 29.8 Å². The zero-order valence-electron chi connectivity index (χ0n) is 12.8. The number of hydrogen-bond donors (Lipinski definition) is 1. The van der Waals surface area contributed by atoms with Gasteiger partial charge in [-0.2, -0.15) is 0 Å². The van der Waals surface area contributed by atoms with Crippen molar-refractivity contribution in [2.75, 3.05) is 13.2 Å². The molecule has 2 aliphatic rings. The van der Waals surface area contributed by atoms with E-state index in [1.807, 2.05) is 0 Å². The lowest BCUT2D eigenvalue weighted by molar-refractivity contribution is 0.155. The minimum absolute atomic E-state index is 0.443. The second-order valence-electron chi connectivity index (χ2n) is 7.06. The first kappa shape index (κ1) is 13.9. The molecular weight excluding hydrogens is 246 g/mol. The van der Waals surface area contributed by atoms with Crippen molar-refractivity contribution in [2.24, 2.45) is 11.3 Å². The number of para-hydroxylation sites is 1. The Balaban J connectivity index is 1.70. The van der Waals surface area contributed by atoms with Gasteiger partial charge in [-0.25, -0.2) is 0 Å². The Morgan fingerprint density at radius 1 is 1.20 bits per heavy atom. The molecule has 1 N–H and O–H groups in total. The van der Waals surface area contributed by atoms with Gasteiger partial charge in [-0.15, -0.1) is 0 Å². The molecule has 1 aromatic rings. The first-order valence-electron chi connectivity index (χ1n) is 8.13. The van der Waals surface area contributed by atoms with Crippen LogP contribution in [0.2, 0.25) is 0 Å². The van der Waals surface area contributed by atoms with Crippen molar-refractivity contribution in [1.29, 1.82) is 0 Å². The Kier molecular flexibility index (Phi) is 4.02. The summed E-state index contributed by atoms with van der Waals surface area (Å²) in [4.78, 5) is 0. The zero-order valence-corrected chi connectivity index (χ0v) is 12.8. The quantitative estimate of drug-likeness (QED) is 0.885. The molecule has 3 rings (SSSR count). The van der Waals surface area contributed by atoms with Crippen LogP contribution in [0, 0.1) is 11.3 Å². The summed E-state index contributed by atoms with van der Waals surface area (Å²) in [6, 6.07) is 8.94. The molecule has 2 nitrogen and oxygen atoms in total. The Labute approximate surface area is 122 Å². The molecule has 0 saturated heterocycles. The van der Waals surface area contributed by atoms with Crippen LogP contribution in [0.25, 0.3) is 0 Å². The second kappa shape index (κ2) is 5.77. The van der Waals surface area contributed by atoms with E-state index in [0.29, 0.717) is 17.4 Å². The Hall–Kier alpha value is -1.02. The van der Waals surface area contributed by atoms with Crippen LogP contribution in [0.1, 0.15) is 57.6 Å². The van der Waals surface area contributed by atoms with Gasteiger partial charge in [-0.05, 0) is 24.3 Å². The molecule has 0 amide bonds. The number of fused-ring (bicyclic) bond motifs is 1. The van der Waals surface area contributed by atoms with Gasteiger partial charge >= 0.3 is 0 Å². The summed E-state index contributed by atoms with van der Waals surface area (Å²) in [6.07, 6.45) is 6.97. The maximum atomic E-state index is 5.84. The fourth-order valence-electron chi connectivity index (χ4n) is 3.74. The van der Waals surface area contributed by atoms with E-state index in [9.17, 15) is 0 Å². The maximum Gasteiger partial charge on any atom is 0.124 e. The van der Waals surface area contributed by atoms with Crippen LogP contribution in [-0.4, -0.2) is 13.2 Å². The SMILES string of the molecule is CC1COc2ccccc2C1NCC1(C)CCCCC1. The smallest absolute Gasteiger partial charge is 0.124 e. The topological polar surface area (TPSA) is 21.3 Å². The van der Waals surface area contributed by atoms with Crippen LogP contribution in [0.15, 0.2) is 24.3 Å². The summed E-state index contributed by atoms with van der Waals surface area (Å²) < 4.78 is 5.84. The third-order valence-corrected chi connectivity index (χ3v) is 5.13. The van der Waals surface area contributed by atoms with Gasteiger partial charge in [0.15, 0.2) is 0 Å². The van der Waals surface area contributed by atoms with Crippen LogP contribution >= 0.6 is 0 Å². The van der Waals surface area contributed by atoms with Gasteiger partial charge in [0, 0.05) is 24.1 Å². The van der Waals surface area contributed by atoms with Gasteiger partial charge in [0.05, 0.1) is 6.61 Å². The normalized spacial score (nSPS) is 28.5. The highest BCUT2D eigenvalue weighted by Crippen LogP contribution is 2.38. The molecule has 1 aliphatic heterocycles. The van der Waals surface area contributed by atoms with E-state index in [1.54, 1.807) is 0 Å². The minimum Gasteiger partial charge on any atom is -0.493 e. The third-order valence-electron chi connectivity index (χ3n) is 5.13. The number of hydrogen-bond acceptors (Lipinski definition) is 2. The zero-order chi connectivity index (χ0) is 14.0. The highest BCUT2D eigenvalue weighted by atomic mass is 16.5.